The highest BCUT2D eigenvalue weighted by Gasteiger charge is 2.50. The Morgan fingerprint density at radius 3 is 2.21 bits per heavy atom. The number of halogens is 1. The molecule has 4 heterocycles. The van der Waals surface area contributed by atoms with Crippen molar-refractivity contribution < 1.29 is 27.8 Å². The van der Waals surface area contributed by atoms with Gasteiger partial charge in [-0.3, -0.25) is 14.2 Å². The van der Waals surface area contributed by atoms with Crippen LogP contribution in [0.2, 0.25) is 5.04 Å². The number of thiophene rings is 1. The summed E-state index contributed by atoms with van der Waals surface area (Å²) in [5.74, 6) is -0.166. The van der Waals surface area contributed by atoms with Crippen LogP contribution >= 0.6 is 11.3 Å². The van der Waals surface area contributed by atoms with Gasteiger partial charge in [0.05, 0.1) is 44.1 Å². The van der Waals surface area contributed by atoms with Gasteiger partial charge in [-0.05, 0) is 40.5 Å². The normalized spacial score (nSPS) is 15.4. The van der Waals surface area contributed by atoms with E-state index in [1.54, 1.807) is 30.4 Å². The van der Waals surface area contributed by atoms with Crippen LogP contribution in [0.5, 0.6) is 11.8 Å². The molecule has 3 aromatic heterocycles. The molecule has 12 nitrogen and oxygen atoms in total. The minimum Gasteiger partial charge on any atom is -0.496 e. The van der Waals surface area contributed by atoms with E-state index in [0.29, 0.717) is 38.6 Å². The van der Waals surface area contributed by atoms with Crippen molar-refractivity contribution in [3.05, 3.63) is 119 Å². The molecule has 0 unspecified atom stereocenters. The molecule has 0 spiro atoms. The van der Waals surface area contributed by atoms with Crippen molar-refractivity contribution in [3.63, 3.8) is 0 Å². The number of carbonyl (C=O) groups is 1. The van der Waals surface area contributed by atoms with E-state index >= 15 is 0 Å². The first-order chi connectivity index (χ1) is 26.9. The van der Waals surface area contributed by atoms with Gasteiger partial charge in [-0.1, -0.05) is 92.8 Å². The van der Waals surface area contributed by atoms with Gasteiger partial charge in [0, 0.05) is 31.1 Å². The fourth-order valence-corrected chi connectivity index (χ4v) is 13.2. The highest BCUT2D eigenvalue weighted by atomic mass is 32.1. The Morgan fingerprint density at radius 1 is 0.964 bits per heavy atom. The van der Waals surface area contributed by atoms with Gasteiger partial charge in [-0.15, -0.1) is 4.80 Å². The Bertz CT molecular complexity index is 2330. The second-order valence-corrected chi connectivity index (χ2v) is 20.1. The number of ether oxygens (including phenoxy) is 3. The lowest BCUT2D eigenvalue weighted by Gasteiger charge is -2.43. The molecule has 1 fully saturated rings. The van der Waals surface area contributed by atoms with Crippen molar-refractivity contribution in [2.24, 2.45) is 0 Å². The number of aryl methyl sites for hydroxylation is 1. The summed E-state index contributed by atoms with van der Waals surface area (Å²) in [4.78, 5) is 35.4. The van der Waals surface area contributed by atoms with Crippen LogP contribution in [0.25, 0.3) is 15.2 Å². The maximum absolute atomic E-state index is 14.9. The zero-order chi connectivity index (χ0) is 39.6. The standard InChI is InChI=1S/C41H45FN6O6SSi/c1-27-36-37(55-39(27)48-43-19-20-44-48)45-40(47(38(36)50)29-24-35(49)46(5)25-29)53-26-34(32-23-28(42)17-18-33(32)51-6)52-21-22-54-56(41(2,3)4,30-13-9-7-10-14-30)31-15-11-8-12-16-31/h7-20,23,29,34H,21-22,24-26H2,1-6H3/t29-,34+/m1/s1. The van der Waals surface area contributed by atoms with E-state index in [4.69, 9.17) is 23.6 Å². The van der Waals surface area contributed by atoms with Gasteiger partial charge >= 0.3 is 6.01 Å². The first-order valence-corrected chi connectivity index (χ1v) is 21.1. The molecule has 292 valence electrons. The number of aromatic nitrogens is 5. The van der Waals surface area contributed by atoms with Gasteiger partial charge in [0.25, 0.3) is 13.9 Å². The van der Waals surface area contributed by atoms with Crippen molar-refractivity contribution in [1.82, 2.24) is 29.4 Å². The summed E-state index contributed by atoms with van der Waals surface area (Å²) < 4.78 is 42.1. The predicted octanol–water partition coefficient (Wildman–Crippen LogP) is 5.61. The molecular weight excluding hydrogens is 752 g/mol. The molecule has 0 bridgehead atoms. The van der Waals surface area contributed by atoms with Gasteiger partial charge in [0.1, 0.15) is 34.1 Å². The number of nitrogens with zero attached hydrogens (tertiary/aromatic N) is 6. The molecule has 0 saturated carbocycles. The van der Waals surface area contributed by atoms with E-state index in [1.807, 2.05) is 43.3 Å². The summed E-state index contributed by atoms with van der Waals surface area (Å²) in [6.45, 7) is 8.94. The summed E-state index contributed by atoms with van der Waals surface area (Å²) >= 11 is 1.26. The maximum Gasteiger partial charge on any atom is 0.301 e. The van der Waals surface area contributed by atoms with Crippen molar-refractivity contribution >= 4 is 46.2 Å². The van der Waals surface area contributed by atoms with Gasteiger partial charge < -0.3 is 23.5 Å². The number of methoxy groups -OCH3 is 1. The van der Waals surface area contributed by atoms with Gasteiger partial charge in [-0.2, -0.15) is 15.2 Å². The number of hydrogen-bond donors (Lipinski definition) is 0. The summed E-state index contributed by atoms with van der Waals surface area (Å²) in [6, 6.07) is 24.4. The Hall–Kier alpha value is -5.22. The third-order valence-corrected chi connectivity index (χ3v) is 16.5. The van der Waals surface area contributed by atoms with E-state index in [-0.39, 0.29) is 48.8 Å². The fraction of sp³-hybridized carbons (Fsp3) is 0.341. The van der Waals surface area contributed by atoms with Crippen LogP contribution < -0.4 is 25.4 Å². The topological polar surface area (TPSA) is 123 Å². The van der Waals surface area contributed by atoms with Crippen molar-refractivity contribution in [2.75, 3.05) is 40.5 Å². The molecule has 56 heavy (non-hydrogen) atoms. The summed E-state index contributed by atoms with van der Waals surface area (Å²) in [5.41, 5.74) is 0.746. The monoisotopic (exact) mass is 796 g/mol. The lowest BCUT2D eigenvalue weighted by atomic mass is 10.1. The molecule has 0 N–H and O–H groups in total. The van der Waals surface area contributed by atoms with Gasteiger partial charge in [-0.25, -0.2) is 4.39 Å². The van der Waals surface area contributed by atoms with Crippen LogP contribution in [-0.4, -0.2) is 84.2 Å². The SMILES string of the molecule is COc1ccc(F)cc1[C@H](COc1nc2sc(-n3nccn3)c(C)c2c(=O)n1[C@@H]1CC(=O)N(C)C1)OCCO[Si](c1ccccc1)(c1ccccc1)C(C)(C)C. The van der Waals surface area contributed by atoms with Crippen LogP contribution in [0.15, 0.2) is 96.1 Å². The quantitative estimate of drug-likeness (QED) is 0.102. The van der Waals surface area contributed by atoms with Gasteiger partial charge in [0.2, 0.25) is 5.91 Å². The zero-order valence-corrected chi connectivity index (χ0v) is 34.1. The molecule has 0 aliphatic carbocycles. The number of carbonyl (C=O) groups excluding carboxylic acids is 1. The Balaban J connectivity index is 1.23. The summed E-state index contributed by atoms with van der Waals surface area (Å²) in [6.07, 6.45) is 2.36. The maximum atomic E-state index is 14.9. The molecule has 6 aromatic rings. The predicted molar refractivity (Wildman–Crippen MR) is 216 cm³/mol. The second kappa shape index (κ2) is 16.1. The molecule has 15 heteroatoms. The molecule has 7 rings (SSSR count). The zero-order valence-electron chi connectivity index (χ0n) is 32.3. The Kier molecular flexibility index (Phi) is 11.2. The number of hydrogen-bond acceptors (Lipinski definition) is 10. The van der Waals surface area contributed by atoms with Crippen LogP contribution in [-0.2, 0) is 14.0 Å². The Morgan fingerprint density at radius 2 is 1.62 bits per heavy atom. The van der Waals surface area contributed by atoms with Crippen molar-refractivity contribution in [1.29, 1.82) is 0 Å². The average Bonchev–Trinajstić information content (AvgIpc) is 3.92. The molecule has 3 aromatic carbocycles. The van der Waals surface area contributed by atoms with Gasteiger partial charge in [0.15, 0.2) is 0 Å². The smallest absolute Gasteiger partial charge is 0.301 e. The molecule has 1 saturated heterocycles. The van der Waals surface area contributed by atoms with E-state index in [9.17, 15) is 14.0 Å². The van der Waals surface area contributed by atoms with E-state index in [0.717, 1.165) is 10.4 Å². The summed E-state index contributed by atoms with van der Waals surface area (Å²) in [5, 5.41) is 11.6. The van der Waals surface area contributed by atoms with Crippen LogP contribution in [0.4, 0.5) is 4.39 Å². The highest BCUT2D eigenvalue weighted by Crippen LogP contribution is 2.38. The molecular formula is C41H45FN6O6SSi. The highest BCUT2D eigenvalue weighted by molar-refractivity contribution is 7.21. The molecule has 1 aliphatic heterocycles. The lowest BCUT2D eigenvalue weighted by molar-refractivity contribution is -0.126. The van der Waals surface area contributed by atoms with Crippen molar-refractivity contribution in [3.8, 4) is 16.8 Å². The number of fused-ring (bicyclic) bond motifs is 1. The minimum atomic E-state index is -2.87. The number of rotatable bonds is 14. The summed E-state index contributed by atoms with van der Waals surface area (Å²) in [7, 11) is 0.335. The number of likely N-dealkylation sites (N-methyl/N-ethyl adjacent to an activating group) is 1. The number of likely N-dealkylation sites (tertiary alicyclic amines) is 1. The van der Waals surface area contributed by atoms with Crippen LogP contribution in [0, 0.1) is 12.7 Å². The van der Waals surface area contributed by atoms with E-state index in [2.05, 4.69) is 55.2 Å². The molecule has 1 aliphatic rings. The average molecular weight is 797 g/mol. The molecule has 2 atom stereocenters. The third kappa shape index (κ3) is 7.39. The Labute approximate surface area is 329 Å². The van der Waals surface area contributed by atoms with E-state index in [1.165, 1.54) is 39.9 Å². The molecule has 1 amide bonds. The number of amides is 1. The first-order valence-electron chi connectivity index (χ1n) is 18.4. The van der Waals surface area contributed by atoms with Crippen LogP contribution in [0.1, 0.15) is 50.5 Å². The molecule has 0 radical (unpaired) electrons. The second-order valence-electron chi connectivity index (χ2n) is 14.8. The van der Waals surface area contributed by atoms with E-state index < -0.39 is 26.3 Å². The fourth-order valence-electron chi connectivity index (χ4n) is 7.59. The third-order valence-electron chi connectivity index (χ3n) is 10.3. The first kappa shape index (κ1) is 39.0. The number of benzene rings is 3. The minimum absolute atomic E-state index is 0.0179. The largest absolute Gasteiger partial charge is 0.496 e. The van der Waals surface area contributed by atoms with Crippen molar-refractivity contribution in [2.45, 2.75) is 51.3 Å². The van der Waals surface area contributed by atoms with Crippen LogP contribution in [0.3, 0.4) is 0 Å². The lowest BCUT2D eigenvalue weighted by Crippen LogP contribution is -2.66.